The summed E-state index contributed by atoms with van der Waals surface area (Å²) in [6.07, 6.45) is -65.1. The Balaban J connectivity index is 1.31. The lowest BCUT2D eigenvalue weighted by atomic mass is 9.93. The van der Waals surface area contributed by atoms with E-state index in [0.29, 0.717) is 0 Å². The lowest BCUT2D eigenvalue weighted by molar-refractivity contribution is -0.411. The Hall–Kier alpha value is -1.81. The molecule has 34 heteroatoms. The first-order chi connectivity index (χ1) is 36.8. The molecule has 0 aliphatic carbocycles. The van der Waals surface area contributed by atoms with Gasteiger partial charge in [0.25, 0.3) is 0 Å². The molecule has 35 atom stereocenters. The van der Waals surface area contributed by atoms with E-state index >= 15 is 0 Å². The van der Waals surface area contributed by atoms with Gasteiger partial charge in [-0.25, -0.2) is 0 Å². The van der Waals surface area contributed by atoms with Crippen molar-refractivity contribution in [1.29, 1.82) is 0 Å². The summed E-state index contributed by atoms with van der Waals surface area (Å²) in [5, 5.41) is 208. The number of aliphatic hydroxyl groups excluding tert-OH is 19. The van der Waals surface area contributed by atoms with Crippen molar-refractivity contribution in [1.82, 2.24) is 5.32 Å². The largest absolute Gasteiger partial charge is 0.394 e. The number of carbonyl (C=O) groups excluding carboxylic acids is 1. The minimum Gasteiger partial charge on any atom is -0.394 e. The van der Waals surface area contributed by atoms with E-state index in [1.54, 1.807) is 0 Å². The quantitative estimate of drug-likeness (QED) is 0.0643. The van der Waals surface area contributed by atoms with Gasteiger partial charge in [-0.05, 0) is 20.8 Å². The fraction of sp³-hybridized carbons (Fsp3) is 0.977. The zero-order valence-corrected chi connectivity index (χ0v) is 42.2. The van der Waals surface area contributed by atoms with E-state index in [-0.39, 0.29) is 0 Å². The summed E-state index contributed by atoms with van der Waals surface area (Å²) in [6, 6.07) is -1.95. The highest BCUT2D eigenvalue weighted by Crippen LogP contribution is 2.40. The van der Waals surface area contributed by atoms with Gasteiger partial charge in [0.2, 0.25) is 5.91 Å². The smallest absolute Gasteiger partial charge is 0.217 e. The molecule has 0 spiro atoms. The highest BCUT2D eigenvalue weighted by atomic mass is 16.8. The SMILES string of the molecule is CC(=O)N[C@H]1[C@H](O[C@H]2[C@@H](O)[C@@H](CO)O[C@@H](O[C@H]3[C@H](O)[C@@H](O)C(O)O[C@@H]3CO)[C@@H]2O[C@@H]2O[C@@H](C)[C@@H](O)[C@@H](O)[C@@H]2O)O[C@H](CO)[C@@H](O[C@@H]2O[C@H](CO)[C@H](O)[C@H](O)[C@H]2O[C@@H]2O[C@@H](C)[C@@H](O)[C@@H](O)[C@@H]2O)[C@@H]1O[C@@H]1O[C@@H](C)[C@@H](O)[C@@H](O)[C@@H]1O. The van der Waals surface area contributed by atoms with E-state index in [1.807, 2.05) is 0 Å². The predicted molar refractivity (Wildman–Crippen MR) is 239 cm³/mol. The van der Waals surface area contributed by atoms with E-state index in [4.69, 9.17) is 61.6 Å². The van der Waals surface area contributed by atoms with E-state index in [9.17, 15) is 102 Å². The first-order valence-corrected chi connectivity index (χ1v) is 25.2. The number of rotatable bonds is 17. The van der Waals surface area contributed by atoms with Crippen LogP contribution in [0.5, 0.6) is 0 Å². The van der Waals surface area contributed by atoms with Crippen LogP contribution in [0.2, 0.25) is 0 Å². The van der Waals surface area contributed by atoms with Gasteiger partial charge in [-0.1, -0.05) is 0 Å². The molecule has 7 aliphatic rings. The van der Waals surface area contributed by atoms with E-state index in [0.717, 1.165) is 6.92 Å². The second kappa shape index (κ2) is 26.8. The van der Waals surface area contributed by atoms with Crippen LogP contribution in [0.3, 0.4) is 0 Å². The van der Waals surface area contributed by atoms with E-state index in [2.05, 4.69) is 5.32 Å². The van der Waals surface area contributed by atoms with Crippen LogP contribution in [-0.4, -0.2) is 344 Å². The summed E-state index contributed by atoms with van der Waals surface area (Å²) in [5.74, 6) is -0.939. The molecule has 0 radical (unpaired) electrons. The topological polar surface area (TPSA) is 533 Å². The summed E-state index contributed by atoms with van der Waals surface area (Å²) in [7, 11) is 0. The number of hydrogen-bond acceptors (Lipinski definition) is 33. The normalized spacial score (nSPS) is 53.4. The third kappa shape index (κ3) is 13.1. The monoisotopic (exact) mass is 1150 g/mol. The zero-order valence-electron chi connectivity index (χ0n) is 42.2. The van der Waals surface area contributed by atoms with Crippen LogP contribution in [-0.2, 0) is 66.4 Å². The lowest BCUT2D eigenvalue weighted by Crippen LogP contribution is -2.72. The second-order valence-corrected chi connectivity index (χ2v) is 20.3. The molecule has 1 amide bonds. The maximum Gasteiger partial charge on any atom is 0.217 e. The third-order valence-electron chi connectivity index (χ3n) is 14.8. The fourth-order valence-corrected chi connectivity index (χ4v) is 10.2. The Labute approximate surface area is 443 Å². The number of amides is 1. The maximum atomic E-state index is 13.4. The Morgan fingerprint density at radius 2 is 0.692 bits per heavy atom. The molecule has 20 N–H and O–H groups in total. The molecule has 0 saturated carbocycles. The molecular weight excluding hydrogens is 1070 g/mol. The first-order valence-electron chi connectivity index (χ1n) is 25.2. The Morgan fingerprint density at radius 3 is 1.15 bits per heavy atom. The molecule has 0 aromatic carbocycles. The van der Waals surface area contributed by atoms with E-state index in [1.165, 1.54) is 20.8 Å². The van der Waals surface area contributed by atoms with Crippen LogP contribution in [0.4, 0.5) is 0 Å². The van der Waals surface area contributed by atoms with Crippen LogP contribution in [0.25, 0.3) is 0 Å². The van der Waals surface area contributed by atoms with Crippen LogP contribution in [0.15, 0.2) is 0 Å². The van der Waals surface area contributed by atoms with Gasteiger partial charge in [0.05, 0.1) is 44.7 Å². The summed E-state index contributed by atoms with van der Waals surface area (Å²) >= 11 is 0. The number of nitrogens with one attached hydrogen (secondary N) is 1. The van der Waals surface area contributed by atoms with Crippen LogP contribution < -0.4 is 5.32 Å². The average molecular weight is 1150 g/mol. The molecule has 7 saturated heterocycles. The molecule has 1 unspecified atom stereocenters. The summed E-state index contributed by atoms with van der Waals surface area (Å²) in [5.41, 5.74) is 0. The highest BCUT2D eigenvalue weighted by Gasteiger charge is 2.60. The molecule has 0 bridgehead atoms. The molecule has 0 aromatic heterocycles. The summed E-state index contributed by atoms with van der Waals surface area (Å²) in [6.45, 7) is 0.586. The van der Waals surface area contributed by atoms with Gasteiger partial charge in [0.1, 0.15) is 153 Å². The molecule has 7 heterocycles. The zero-order chi connectivity index (χ0) is 57.5. The number of hydrogen-bond donors (Lipinski definition) is 20. The Kier molecular flexibility index (Phi) is 21.9. The van der Waals surface area contributed by atoms with Gasteiger partial charge in [-0.3, -0.25) is 4.79 Å². The van der Waals surface area contributed by atoms with Crippen molar-refractivity contribution in [3.63, 3.8) is 0 Å². The molecule has 7 aliphatic heterocycles. The van der Waals surface area contributed by atoms with E-state index < -0.39 is 247 Å². The van der Waals surface area contributed by atoms with Crippen molar-refractivity contribution in [2.75, 3.05) is 26.4 Å². The molecule has 0 aromatic rings. The molecule has 454 valence electrons. The molecular formula is C44H75NO33. The van der Waals surface area contributed by atoms with Gasteiger partial charge in [0.15, 0.2) is 44.0 Å². The molecule has 34 nitrogen and oxygen atoms in total. The van der Waals surface area contributed by atoms with Crippen molar-refractivity contribution in [3.8, 4) is 0 Å². The predicted octanol–water partition coefficient (Wildman–Crippen LogP) is -13.0. The van der Waals surface area contributed by atoms with Crippen molar-refractivity contribution in [2.24, 2.45) is 0 Å². The van der Waals surface area contributed by atoms with Gasteiger partial charge in [-0.15, -0.1) is 0 Å². The molecule has 7 rings (SSSR count). The third-order valence-corrected chi connectivity index (χ3v) is 14.8. The number of aliphatic hydroxyl groups is 19. The second-order valence-electron chi connectivity index (χ2n) is 20.3. The number of carbonyl (C=O) groups is 1. The Morgan fingerprint density at radius 1 is 0.333 bits per heavy atom. The summed E-state index contributed by atoms with van der Waals surface area (Å²) in [4.78, 5) is 13.4. The minimum atomic E-state index is -2.17. The number of ether oxygens (including phenoxy) is 13. The van der Waals surface area contributed by atoms with Gasteiger partial charge in [-0.2, -0.15) is 0 Å². The standard InChI is InChI=1S/C44H75NO33/c1-9-18(51)23(56)29(62)40(66-9)75-34-17(45-12(4)50)39(72-16(8-49)33(34)74-43-36(26(59)21(54)13(5-46)70-43)77-41-30(63)24(57)19(52)10(2)67-41)76-35-22(55)14(6-47)71-44(73-32-15(7-48)69-38(65)28(61)27(32)60)37(35)78-42-31(64)25(58)20(53)11(3)68-42/h9-11,13-44,46-49,51-65H,5-8H2,1-4H3,(H,45,50)/t9-,10-,11-,13+,14+,15+,16+,17+,18+,19+,20+,21-,22-,23+,24+,25+,26-,27+,28+,29-,30-,31-,32+,33+,34+,35-,36+,37+,38?,39-,40-,41-,42-,43-,44-/m0/s1. The van der Waals surface area contributed by atoms with Crippen LogP contribution in [0, 0.1) is 0 Å². The van der Waals surface area contributed by atoms with Gasteiger partial charge in [0, 0.05) is 6.92 Å². The van der Waals surface area contributed by atoms with Crippen molar-refractivity contribution >= 4 is 5.91 Å². The minimum absolute atomic E-state index is 0.939. The van der Waals surface area contributed by atoms with Crippen molar-refractivity contribution in [3.05, 3.63) is 0 Å². The van der Waals surface area contributed by atoms with Crippen molar-refractivity contribution < 1.29 is 163 Å². The fourth-order valence-electron chi connectivity index (χ4n) is 10.2. The Bertz CT molecular complexity index is 1890. The van der Waals surface area contributed by atoms with Crippen LogP contribution >= 0.6 is 0 Å². The molecule has 7 fully saturated rings. The lowest BCUT2D eigenvalue weighted by Gasteiger charge is -2.53. The average Bonchev–Trinajstić information content (AvgIpc) is 3.56. The van der Waals surface area contributed by atoms with Crippen LogP contribution in [0.1, 0.15) is 27.7 Å². The van der Waals surface area contributed by atoms with Crippen molar-refractivity contribution in [2.45, 2.75) is 243 Å². The molecule has 78 heavy (non-hydrogen) atoms. The first kappa shape index (κ1) is 63.8. The maximum absolute atomic E-state index is 13.4. The van der Waals surface area contributed by atoms with Gasteiger partial charge >= 0.3 is 0 Å². The van der Waals surface area contributed by atoms with Gasteiger partial charge < -0.3 is 164 Å². The summed E-state index contributed by atoms with van der Waals surface area (Å²) < 4.78 is 77.3. The highest BCUT2D eigenvalue weighted by molar-refractivity contribution is 5.73.